The molecule has 4 aromatic heterocycles. The Bertz CT molecular complexity index is 1440. The molecule has 0 aliphatic heterocycles. The van der Waals surface area contributed by atoms with Crippen LogP contribution in [0.15, 0.2) is 42.9 Å². The molecule has 0 saturated heterocycles. The number of aromatic amines is 1. The number of pyridine rings is 1. The summed E-state index contributed by atoms with van der Waals surface area (Å²) in [6, 6.07) is 7.08. The van der Waals surface area contributed by atoms with Gasteiger partial charge in [0, 0.05) is 42.7 Å². The molecular formula is C27H32FN9O2. The fraction of sp³-hybridized carbons (Fsp3) is 0.407. The van der Waals surface area contributed by atoms with Gasteiger partial charge in [0.25, 0.3) is 5.91 Å². The van der Waals surface area contributed by atoms with Gasteiger partial charge in [-0.05, 0) is 58.1 Å². The lowest BCUT2D eigenvalue weighted by Crippen LogP contribution is -2.50. The Morgan fingerprint density at radius 3 is 2.59 bits per heavy atom. The van der Waals surface area contributed by atoms with Crippen molar-refractivity contribution in [3.05, 3.63) is 71.4 Å². The van der Waals surface area contributed by atoms with Crippen LogP contribution in [0.5, 0.6) is 0 Å². The maximum absolute atomic E-state index is 13.4. The standard InChI is InChI=1S/C27H32FN9O2/c1-16-11-22(33-23-12-17(2)35-36-23)34-25(31-16)19-7-9-27(39-4,10-8-19)26(38)32-18(3)20-5-6-24(29-13-20)37-15-21(28)14-30-37/h5-6,11-15,18-19H,7-10H2,1-4H3,(H,32,38)(H2,31,33,34,35,36)/t18-,19?,27?/m1/s1. The van der Waals surface area contributed by atoms with Crippen molar-refractivity contribution < 1.29 is 13.9 Å². The number of amides is 1. The van der Waals surface area contributed by atoms with Crippen molar-refractivity contribution in [2.45, 2.75) is 64.0 Å². The molecule has 5 rings (SSSR count). The highest BCUT2D eigenvalue weighted by Crippen LogP contribution is 2.39. The fourth-order valence-electron chi connectivity index (χ4n) is 4.94. The van der Waals surface area contributed by atoms with E-state index in [-0.39, 0.29) is 17.9 Å². The average molecular weight is 534 g/mol. The Hall–Kier alpha value is -4.19. The first-order chi connectivity index (χ1) is 18.7. The molecule has 0 aromatic carbocycles. The fourth-order valence-corrected chi connectivity index (χ4v) is 4.94. The Balaban J connectivity index is 1.22. The molecule has 4 heterocycles. The molecule has 3 N–H and O–H groups in total. The number of carbonyl (C=O) groups excluding carboxylic acids is 1. The molecule has 1 amide bonds. The molecule has 1 atom stereocenters. The number of methoxy groups -OCH3 is 1. The Morgan fingerprint density at radius 1 is 1.18 bits per heavy atom. The predicted molar refractivity (Wildman–Crippen MR) is 142 cm³/mol. The number of nitrogens with one attached hydrogen (secondary N) is 3. The van der Waals surface area contributed by atoms with E-state index in [0.29, 0.717) is 30.3 Å². The van der Waals surface area contributed by atoms with Crippen LogP contribution >= 0.6 is 0 Å². The Morgan fingerprint density at radius 2 is 1.97 bits per heavy atom. The van der Waals surface area contributed by atoms with Crippen molar-refractivity contribution >= 4 is 17.5 Å². The van der Waals surface area contributed by atoms with Gasteiger partial charge in [-0.3, -0.25) is 9.89 Å². The second-order valence-electron chi connectivity index (χ2n) is 10.0. The van der Waals surface area contributed by atoms with Crippen LogP contribution < -0.4 is 10.6 Å². The van der Waals surface area contributed by atoms with Crippen LogP contribution in [0.3, 0.4) is 0 Å². The summed E-state index contributed by atoms with van der Waals surface area (Å²) in [5.74, 6) is 2.16. The number of anilines is 2. The number of nitrogens with zero attached hydrogens (tertiary/aromatic N) is 6. The van der Waals surface area contributed by atoms with E-state index in [0.717, 1.165) is 41.8 Å². The summed E-state index contributed by atoms with van der Waals surface area (Å²) in [4.78, 5) is 27.2. The van der Waals surface area contributed by atoms with Gasteiger partial charge in [0.15, 0.2) is 17.5 Å². The van der Waals surface area contributed by atoms with Crippen molar-refractivity contribution in [2.75, 3.05) is 12.4 Å². The van der Waals surface area contributed by atoms with E-state index in [2.05, 4.69) is 35.9 Å². The third-order valence-electron chi connectivity index (χ3n) is 7.20. The summed E-state index contributed by atoms with van der Waals surface area (Å²) in [5.41, 5.74) is 1.71. The maximum Gasteiger partial charge on any atom is 0.252 e. The molecule has 204 valence electrons. The molecule has 1 aliphatic carbocycles. The molecule has 39 heavy (non-hydrogen) atoms. The summed E-state index contributed by atoms with van der Waals surface area (Å²) in [7, 11) is 1.58. The van der Waals surface area contributed by atoms with E-state index in [1.807, 2.05) is 39.0 Å². The van der Waals surface area contributed by atoms with Crippen LogP contribution in [0.1, 0.15) is 67.3 Å². The van der Waals surface area contributed by atoms with Gasteiger partial charge >= 0.3 is 0 Å². The van der Waals surface area contributed by atoms with E-state index in [4.69, 9.17) is 9.72 Å². The Labute approximate surface area is 225 Å². The average Bonchev–Trinajstić information content (AvgIpc) is 3.55. The third-order valence-corrected chi connectivity index (χ3v) is 7.20. The number of aromatic nitrogens is 7. The molecule has 0 spiro atoms. The smallest absolute Gasteiger partial charge is 0.252 e. The lowest BCUT2D eigenvalue weighted by atomic mass is 9.77. The van der Waals surface area contributed by atoms with E-state index >= 15 is 0 Å². The lowest BCUT2D eigenvalue weighted by Gasteiger charge is -2.38. The number of hydrogen-bond donors (Lipinski definition) is 3. The van der Waals surface area contributed by atoms with Crippen LogP contribution in [0.4, 0.5) is 16.0 Å². The quantitative estimate of drug-likeness (QED) is 0.307. The topological polar surface area (TPSA) is 136 Å². The van der Waals surface area contributed by atoms with Crippen LogP contribution in [0.25, 0.3) is 5.82 Å². The van der Waals surface area contributed by atoms with Gasteiger partial charge in [-0.15, -0.1) is 0 Å². The monoisotopic (exact) mass is 533 g/mol. The summed E-state index contributed by atoms with van der Waals surface area (Å²) in [5, 5.41) is 17.4. The molecule has 0 bridgehead atoms. The second-order valence-corrected chi connectivity index (χ2v) is 10.0. The van der Waals surface area contributed by atoms with Crippen molar-refractivity contribution in [3.63, 3.8) is 0 Å². The van der Waals surface area contributed by atoms with Gasteiger partial charge in [-0.2, -0.15) is 10.2 Å². The highest BCUT2D eigenvalue weighted by molar-refractivity contribution is 5.85. The number of hydrogen-bond acceptors (Lipinski definition) is 8. The van der Waals surface area contributed by atoms with E-state index in [9.17, 15) is 9.18 Å². The number of ether oxygens (including phenoxy) is 1. The first kappa shape index (κ1) is 26.4. The number of aryl methyl sites for hydroxylation is 2. The van der Waals surface area contributed by atoms with Crippen LogP contribution in [0.2, 0.25) is 0 Å². The van der Waals surface area contributed by atoms with E-state index < -0.39 is 11.4 Å². The first-order valence-electron chi connectivity index (χ1n) is 12.9. The molecule has 0 radical (unpaired) electrons. The molecule has 4 aromatic rings. The normalized spacial score (nSPS) is 20.0. The third kappa shape index (κ3) is 5.80. The van der Waals surface area contributed by atoms with Gasteiger partial charge in [0.2, 0.25) is 0 Å². The SMILES string of the molecule is COC1(C(=O)N[C@H](C)c2ccc(-n3cc(F)cn3)nc2)CCC(c2nc(C)cc(Nc3cc(C)[nH]n3)n2)CC1. The second kappa shape index (κ2) is 10.9. The van der Waals surface area contributed by atoms with Crippen LogP contribution in [-0.2, 0) is 9.53 Å². The summed E-state index contributed by atoms with van der Waals surface area (Å²) >= 11 is 0. The zero-order valence-corrected chi connectivity index (χ0v) is 22.4. The van der Waals surface area contributed by atoms with Gasteiger partial charge in [-0.1, -0.05) is 6.07 Å². The zero-order valence-electron chi connectivity index (χ0n) is 22.4. The highest BCUT2D eigenvalue weighted by Gasteiger charge is 2.43. The van der Waals surface area contributed by atoms with Crippen LogP contribution in [0, 0.1) is 19.7 Å². The van der Waals surface area contributed by atoms with Gasteiger partial charge in [0.1, 0.15) is 17.2 Å². The molecule has 1 aliphatic rings. The van der Waals surface area contributed by atoms with Crippen molar-refractivity contribution in [1.82, 2.24) is 40.2 Å². The molecule has 1 saturated carbocycles. The van der Waals surface area contributed by atoms with E-state index in [1.165, 1.54) is 10.9 Å². The number of rotatable bonds is 8. The van der Waals surface area contributed by atoms with Gasteiger partial charge in [-0.25, -0.2) is 24.0 Å². The maximum atomic E-state index is 13.4. The molecular weight excluding hydrogens is 501 g/mol. The molecule has 0 unspecified atom stereocenters. The first-order valence-corrected chi connectivity index (χ1v) is 12.9. The molecule has 11 nitrogen and oxygen atoms in total. The zero-order chi connectivity index (χ0) is 27.6. The lowest BCUT2D eigenvalue weighted by molar-refractivity contribution is -0.148. The van der Waals surface area contributed by atoms with Crippen molar-refractivity contribution in [1.29, 1.82) is 0 Å². The van der Waals surface area contributed by atoms with Crippen molar-refractivity contribution in [2.24, 2.45) is 0 Å². The Kier molecular flexibility index (Phi) is 7.38. The molecule has 1 fully saturated rings. The van der Waals surface area contributed by atoms with Gasteiger partial charge < -0.3 is 15.4 Å². The molecule has 12 heteroatoms. The van der Waals surface area contributed by atoms with Gasteiger partial charge in [0.05, 0.1) is 18.4 Å². The highest BCUT2D eigenvalue weighted by atomic mass is 19.1. The number of H-pyrrole nitrogens is 1. The number of halogens is 1. The largest absolute Gasteiger partial charge is 0.368 e. The summed E-state index contributed by atoms with van der Waals surface area (Å²) < 4.78 is 20.5. The van der Waals surface area contributed by atoms with Crippen molar-refractivity contribution in [3.8, 4) is 5.82 Å². The minimum Gasteiger partial charge on any atom is -0.368 e. The van der Waals surface area contributed by atoms with E-state index in [1.54, 1.807) is 19.4 Å². The minimum absolute atomic E-state index is 0.115. The number of carbonyl (C=O) groups is 1. The summed E-state index contributed by atoms with van der Waals surface area (Å²) in [6.07, 6.45) is 6.57. The van der Waals surface area contributed by atoms with Crippen LogP contribution in [-0.4, -0.2) is 53.5 Å². The minimum atomic E-state index is -0.928. The summed E-state index contributed by atoms with van der Waals surface area (Å²) in [6.45, 7) is 5.78. The predicted octanol–water partition coefficient (Wildman–Crippen LogP) is 4.20.